The molecule has 35 heavy (non-hydrogen) atoms. The second-order valence-electron chi connectivity index (χ2n) is 9.01. The number of fused-ring (bicyclic) bond motifs is 3. The molecule has 0 aliphatic rings. The molecule has 5 aromatic rings. The average Bonchev–Trinajstić information content (AvgIpc) is 2.87. The Bertz CT molecular complexity index is 1530. The van der Waals surface area contributed by atoms with Crippen molar-refractivity contribution in [3.8, 4) is 5.75 Å². The van der Waals surface area contributed by atoms with Crippen LogP contribution in [0.2, 0.25) is 0 Å². The van der Waals surface area contributed by atoms with E-state index < -0.39 is 0 Å². The predicted molar refractivity (Wildman–Crippen MR) is 143 cm³/mol. The molecule has 5 rings (SSSR count). The molecular weight excluding hydrogens is 433 g/mol. The van der Waals surface area contributed by atoms with Gasteiger partial charge in [-0.25, -0.2) is 4.98 Å². The maximum Gasteiger partial charge on any atom is 0.326 e. The lowest BCUT2D eigenvalue weighted by atomic mass is 9.88. The van der Waals surface area contributed by atoms with Crippen molar-refractivity contribution in [1.82, 2.24) is 9.97 Å². The normalized spacial score (nSPS) is 11.2. The zero-order chi connectivity index (χ0) is 24.4. The standard InChI is InChI=1S/C29H27BN3O2/c1-18-6-11-25-26-15-20(16-32-28(26)29(31)33-27(25)12-18)7-8-22-9-10-24(13-19(22)2)35-17-21-4-3-5-23(14-21)30-34/h3-6,9-16,34H,7-8,17H2,1-2H3,(H2,31,33). The largest absolute Gasteiger partial charge is 0.489 e. The summed E-state index contributed by atoms with van der Waals surface area (Å²) in [5, 5.41) is 11.3. The van der Waals surface area contributed by atoms with E-state index in [-0.39, 0.29) is 0 Å². The summed E-state index contributed by atoms with van der Waals surface area (Å²) in [6.07, 6.45) is 3.69. The zero-order valence-corrected chi connectivity index (χ0v) is 20.0. The van der Waals surface area contributed by atoms with Crippen molar-refractivity contribution < 1.29 is 9.76 Å². The molecule has 0 unspecified atom stereocenters. The summed E-state index contributed by atoms with van der Waals surface area (Å²) in [6.45, 7) is 4.63. The van der Waals surface area contributed by atoms with Crippen LogP contribution in [0.15, 0.2) is 72.9 Å². The number of anilines is 1. The maximum atomic E-state index is 9.19. The number of hydrogen-bond donors (Lipinski definition) is 2. The van der Waals surface area contributed by atoms with Gasteiger partial charge in [0.15, 0.2) is 5.82 Å². The summed E-state index contributed by atoms with van der Waals surface area (Å²) in [5.41, 5.74) is 14.4. The summed E-state index contributed by atoms with van der Waals surface area (Å²) in [5.74, 6) is 1.30. The first-order valence-electron chi connectivity index (χ1n) is 11.7. The third kappa shape index (κ3) is 4.98. The van der Waals surface area contributed by atoms with Crippen molar-refractivity contribution >= 4 is 40.6 Å². The first kappa shape index (κ1) is 22.9. The Labute approximate surface area is 205 Å². The smallest absolute Gasteiger partial charge is 0.326 e. The minimum Gasteiger partial charge on any atom is -0.489 e. The van der Waals surface area contributed by atoms with Gasteiger partial charge in [0.2, 0.25) is 0 Å². The van der Waals surface area contributed by atoms with Crippen molar-refractivity contribution in [3.63, 3.8) is 0 Å². The van der Waals surface area contributed by atoms with E-state index in [0.717, 1.165) is 64.5 Å². The molecule has 6 heteroatoms. The third-order valence-corrected chi connectivity index (χ3v) is 6.37. The van der Waals surface area contributed by atoms with Gasteiger partial charge in [-0.15, -0.1) is 0 Å². The zero-order valence-electron chi connectivity index (χ0n) is 20.0. The van der Waals surface area contributed by atoms with E-state index >= 15 is 0 Å². The highest BCUT2D eigenvalue weighted by Gasteiger charge is 2.10. The van der Waals surface area contributed by atoms with Crippen LogP contribution in [0.25, 0.3) is 21.8 Å². The lowest BCUT2D eigenvalue weighted by molar-refractivity contribution is 0.306. The van der Waals surface area contributed by atoms with Crippen molar-refractivity contribution in [3.05, 3.63) is 101 Å². The number of hydrogen-bond acceptors (Lipinski definition) is 5. The molecular formula is C29H27BN3O2. The lowest BCUT2D eigenvalue weighted by Crippen LogP contribution is -2.14. The van der Waals surface area contributed by atoms with Crippen LogP contribution in [0.4, 0.5) is 5.82 Å². The number of nitrogen functional groups attached to an aromatic ring is 1. The van der Waals surface area contributed by atoms with E-state index in [0.29, 0.717) is 12.4 Å². The minimum atomic E-state index is 0.453. The fourth-order valence-corrected chi connectivity index (χ4v) is 4.45. The quantitative estimate of drug-likeness (QED) is 0.275. The van der Waals surface area contributed by atoms with Gasteiger partial charge in [0, 0.05) is 17.0 Å². The molecule has 173 valence electrons. The van der Waals surface area contributed by atoms with E-state index in [2.05, 4.69) is 60.2 Å². The first-order valence-corrected chi connectivity index (χ1v) is 11.7. The Morgan fingerprint density at radius 3 is 2.63 bits per heavy atom. The van der Waals surface area contributed by atoms with Gasteiger partial charge in [0.1, 0.15) is 17.9 Å². The summed E-state index contributed by atoms with van der Waals surface area (Å²) in [6, 6.07) is 22.4. The number of nitrogens with two attached hydrogens (primary N) is 1. The van der Waals surface area contributed by atoms with Gasteiger partial charge in [-0.1, -0.05) is 47.9 Å². The fraction of sp³-hybridized carbons (Fsp3) is 0.172. The lowest BCUT2D eigenvalue weighted by Gasteiger charge is -2.12. The van der Waals surface area contributed by atoms with Gasteiger partial charge in [-0.05, 0) is 78.8 Å². The van der Waals surface area contributed by atoms with Crippen LogP contribution in [0.1, 0.15) is 27.8 Å². The Balaban J connectivity index is 1.30. The topological polar surface area (TPSA) is 81.3 Å². The highest BCUT2D eigenvalue weighted by molar-refractivity contribution is 6.45. The van der Waals surface area contributed by atoms with Crippen LogP contribution in [-0.4, -0.2) is 22.5 Å². The SMILES string of the molecule is Cc1ccc2c(c1)nc(N)c1ncc(CCc3ccc(OCc4cccc([B]O)c4)cc3C)cc12. The Morgan fingerprint density at radius 1 is 0.914 bits per heavy atom. The molecule has 2 heterocycles. The van der Waals surface area contributed by atoms with Crippen LogP contribution < -0.4 is 15.9 Å². The number of benzene rings is 3. The summed E-state index contributed by atoms with van der Waals surface area (Å²) in [4.78, 5) is 9.18. The average molecular weight is 460 g/mol. The van der Waals surface area contributed by atoms with Crippen LogP contribution >= 0.6 is 0 Å². The van der Waals surface area contributed by atoms with E-state index in [4.69, 9.17) is 10.5 Å². The molecule has 1 radical (unpaired) electrons. The molecule has 0 bridgehead atoms. The highest BCUT2D eigenvalue weighted by Crippen LogP contribution is 2.28. The van der Waals surface area contributed by atoms with E-state index in [1.54, 1.807) is 0 Å². The molecule has 3 aromatic carbocycles. The number of rotatable bonds is 7. The van der Waals surface area contributed by atoms with E-state index in [1.165, 1.54) is 16.7 Å². The highest BCUT2D eigenvalue weighted by atomic mass is 16.5. The van der Waals surface area contributed by atoms with Crippen molar-refractivity contribution in [1.29, 1.82) is 0 Å². The molecule has 0 saturated heterocycles. The molecule has 0 aliphatic heterocycles. The third-order valence-electron chi connectivity index (χ3n) is 6.37. The molecule has 0 spiro atoms. The van der Waals surface area contributed by atoms with E-state index in [1.807, 2.05) is 36.5 Å². The van der Waals surface area contributed by atoms with Gasteiger partial charge in [-0.2, -0.15) is 0 Å². The Hall–Kier alpha value is -3.90. The second-order valence-corrected chi connectivity index (χ2v) is 9.01. The first-order chi connectivity index (χ1) is 17.0. The number of nitrogens with zero attached hydrogens (tertiary/aromatic N) is 2. The molecule has 2 aromatic heterocycles. The van der Waals surface area contributed by atoms with Crippen molar-refractivity contribution in [2.75, 3.05) is 5.73 Å². The maximum absolute atomic E-state index is 9.19. The van der Waals surface area contributed by atoms with E-state index in [9.17, 15) is 5.02 Å². The van der Waals surface area contributed by atoms with Crippen molar-refractivity contribution in [2.45, 2.75) is 33.3 Å². The van der Waals surface area contributed by atoms with Crippen LogP contribution in [0, 0.1) is 13.8 Å². The molecule has 0 aliphatic carbocycles. The molecule has 0 saturated carbocycles. The van der Waals surface area contributed by atoms with Crippen LogP contribution in [-0.2, 0) is 19.4 Å². The number of aryl methyl sites for hydroxylation is 4. The fourth-order valence-electron chi connectivity index (χ4n) is 4.45. The summed E-state index contributed by atoms with van der Waals surface area (Å²) >= 11 is 0. The predicted octanol–water partition coefficient (Wildman–Crippen LogP) is 4.58. The van der Waals surface area contributed by atoms with Gasteiger partial charge >= 0.3 is 7.48 Å². The number of ether oxygens (including phenoxy) is 1. The molecule has 5 nitrogen and oxygen atoms in total. The number of pyridine rings is 2. The Morgan fingerprint density at radius 2 is 1.80 bits per heavy atom. The second kappa shape index (κ2) is 9.76. The minimum absolute atomic E-state index is 0.453. The monoisotopic (exact) mass is 460 g/mol. The van der Waals surface area contributed by atoms with Crippen LogP contribution in [0.5, 0.6) is 5.75 Å². The van der Waals surface area contributed by atoms with Gasteiger partial charge in [0.25, 0.3) is 0 Å². The van der Waals surface area contributed by atoms with Gasteiger partial charge in [0.05, 0.1) is 5.52 Å². The van der Waals surface area contributed by atoms with Crippen LogP contribution in [0.3, 0.4) is 0 Å². The number of aromatic nitrogens is 2. The molecule has 0 fully saturated rings. The van der Waals surface area contributed by atoms with Gasteiger partial charge in [-0.3, -0.25) is 4.98 Å². The molecule has 0 atom stereocenters. The summed E-state index contributed by atoms with van der Waals surface area (Å²) in [7, 11) is 1.10. The molecule has 3 N–H and O–H groups in total. The Kier molecular flexibility index (Phi) is 6.38. The summed E-state index contributed by atoms with van der Waals surface area (Å²) < 4.78 is 5.98. The molecule has 0 amide bonds. The van der Waals surface area contributed by atoms with Gasteiger partial charge < -0.3 is 15.5 Å². The van der Waals surface area contributed by atoms with Crippen molar-refractivity contribution in [2.24, 2.45) is 0 Å².